The van der Waals surface area contributed by atoms with Crippen LogP contribution in [-0.4, -0.2) is 12.5 Å². The second-order valence-electron chi connectivity index (χ2n) is 2.94. The molecular formula is C10H21FO. The Bertz CT molecular complexity index is 87.8. The molecule has 0 aromatic heterocycles. The average molecular weight is 176 g/mol. The molecule has 0 aromatic carbocycles. The largest absolute Gasteiger partial charge is 0.345 e. The third-order valence-electron chi connectivity index (χ3n) is 1.93. The maximum atomic E-state index is 12.3. The average Bonchev–Trinajstić information content (AvgIpc) is 2.08. The topological polar surface area (TPSA) is 9.23 Å². The summed E-state index contributed by atoms with van der Waals surface area (Å²) in [6.45, 7) is 5.45. The Labute approximate surface area is 75.3 Å². The lowest BCUT2D eigenvalue weighted by Crippen LogP contribution is -2.19. The monoisotopic (exact) mass is 176 g/mol. The fourth-order valence-corrected chi connectivity index (χ4v) is 1.47. The van der Waals surface area contributed by atoms with Gasteiger partial charge in [-0.1, -0.05) is 33.1 Å². The highest BCUT2D eigenvalue weighted by Gasteiger charge is 2.15. The van der Waals surface area contributed by atoms with E-state index in [-0.39, 0.29) is 6.10 Å². The molecule has 1 aliphatic rings. The van der Waals surface area contributed by atoms with Crippen molar-refractivity contribution in [3.63, 3.8) is 0 Å². The highest BCUT2D eigenvalue weighted by atomic mass is 19.1. The molecule has 74 valence electrons. The summed E-state index contributed by atoms with van der Waals surface area (Å²) in [6.07, 6.45) is 4.93. The van der Waals surface area contributed by atoms with E-state index >= 15 is 0 Å². The molecule has 0 N–H and O–H groups in total. The SMILES string of the molecule is CC.CC(F)OC1CCCCC1. The Kier molecular flexibility index (Phi) is 7.47. The van der Waals surface area contributed by atoms with E-state index in [2.05, 4.69) is 0 Å². The van der Waals surface area contributed by atoms with Gasteiger partial charge in [-0.15, -0.1) is 0 Å². The highest BCUT2D eigenvalue weighted by Crippen LogP contribution is 2.21. The molecule has 0 spiro atoms. The van der Waals surface area contributed by atoms with Crippen molar-refractivity contribution in [2.24, 2.45) is 0 Å². The predicted molar refractivity (Wildman–Crippen MR) is 49.9 cm³/mol. The molecule has 1 rings (SSSR count). The zero-order valence-corrected chi connectivity index (χ0v) is 8.48. The lowest BCUT2D eigenvalue weighted by molar-refractivity contribution is -0.0854. The van der Waals surface area contributed by atoms with Crippen LogP contribution in [0.2, 0.25) is 0 Å². The number of ether oxygens (including phenoxy) is 1. The molecule has 2 heteroatoms. The van der Waals surface area contributed by atoms with E-state index in [1.165, 1.54) is 26.2 Å². The first-order chi connectivity index (χ1) is 5.79. The molecule has 0 bridgehead atoms. The number of rotatable bonds is 2. The molecule has 0 amide bonds. The highest BCUT2D eigenvalue weighted by molar-refractivity contribution is 4.64. The van der Waals surface area contributed by atoms with Gasteiger partial charge >= 0.3 is 0 Å². The summed E-state index contributed by atoms with van der Waals surface area (Å²) in [5.41, 5.74) is 0. The third kappa shape index (κ3) is 5.53. The van der Waals surface area contributed by atoms with Gasteiger partial charge in [0.15, 0.2) is 6.36 Å². The summed E-state index contributed by atoms with van der Waals surface area (Å²) in [7, 11) is 0. The molecule has 12 heavy (non-hydrogen) atoms. The maximum Gasteiger partial charge on any atom is 0.196 e. The fourth-order valence-electron chi connectivity index (χ4n) is 1.47. The molecule has 1 unspecified atom stereocenters. The standard InChI is InChI=1S/C8H15FO.C2H6/c1-7(9)10-8-5-3-2-4-6-8;1-2/h7-8H,2-6H2,1H3;1-2H3. The summed E-state index contributed by atoms with van der Waals surface area (Å²) < 4.78 is 17.3. The van der Waals surface area contributed by atoms with Gasteiger partial charge in [0.05, 0.1) is 6.10 Å². The van der Waals surface area contributed by atoms with Gasteiger partial charge in [0.1, 0.15) is 0 Å². The van der Waals surface area contributed by atoms with Crippen molar-refractivity contribution in [3.8, 4) is 0 Å². The molecule has 1 fully saturated rings. The maximum absolute atomic E-state index is 12.3. The van der Waals surface area contributed by atoms with E-state index in [9.17, 15) is 4.39 Å². The minimum atomic E-state index is -1.08. The normalized spacial score (nSPS) is 21.0. The fraction of sp³-hybridized carbons (Fsp3) is 1.00. The molecule has 0 aliphatic heterocycles. The van der Waals surface area contributed by atoms with Crippen LogP contribution in [-0.2, 0) is 4.74 Å². The second kappa shape index (κ2) is 7.53. The predicted octanol–water partition coefficient (Wildman–Crippen LogP) is 3.68. The minimum Gasteiger partial charge on any atom is -0.345 e. The molecule has 1 aliphatic carbocycles. The van der Waals surface area contributed by atoms with Crippen LogP contribution in [0.15, 0.2) is 0 Å². The molecule has 1 nitrogen and oxygen atoms in total. The van der Waals surface area contributed by atoms with Crippen LogP contribution in [0.5, 0.6) is 0 Å². The van der Waals surface area contributed by atoms with Crippen LogP contribution in [0, 0.1) is 0 Å². The van der Waals surface area contributed by atoms with E-state index in [4.69, 9.17) is 4.74 Å². The van der Waals surface area contributed by atoms with Crippen LogP contribution >= 0.6 is 0 Å². The molecule has 0 radical (unpaired) electrons. The Hall–Kier alpha value is -0.110. The Morgan fingerprint density at radius 3 is 2.08 bits per heavy atom. The van der Waals surface area contributed by atoms with E-state index in [0.717, 1.165) is 12.8 Å². The van der Waals surface area contributed by atoms with Crippen molar-refractivity contribution in [2.75, 3.05) is 0 Å². The number of hydrogen-bond acceptors (Lipinski definition) is 1. The zero-order valence-electron chi connectivity index (χ0n) is 8.48. The molecule has 0 heterocycles. The number of halogens is 1. The third-order valence-corrected chi connectivity index (χ3v) is 1.93. The van der Waals surface area contributed by atoms with Crippen LogP contribution in [0.4, 0.5) is 4.39 Å². The summed E-state index contributed by atoms with van der Waals surface area (Å²) in [4.78, 5) is 0. The van der Waals surface area contributed by atoms with Gasteiger partial charge in [0, 0.05) is 0 Å². The van der Waals surface area contributed by atoms with Crippen LogP contribution in [0.3, 0.4) is 0 Å². The number of alkyl halides is 1. The first-order valence-electron chi connectivity index (χ1n) is 5.08. The van der Waals surface area contributed by atoms with Gasteiger partial charge in [-0.2, -0.15) is 0 Å². The van der Waals surface area contributed by atoms with Gasteiger partial charge in [0.25, 0.3) is 0 Å². The van der Waals surface area contributed by atoms with Gasteiger partial charge in [-0.05, 0) is 19.8 Å². The summed E-state index contributed by atoms with van der Waals surface area (Å²) in [6, 6.07) is 0. The summed E-state index contributed by atoms with van der Waals surface area (Å²) in [5.74, 6) is 0. The Balaban J connectivity index is 0.000000561. The number of hydrogen-bond donors (Lipinski definition) is 0. The Morgan fingerprint density at radius 1 is 1.17 bits per heavy atom. The first kappa shape index (κ1) is 11.9. The van der Waals surface area contributed by atoms with Crippen molar-refractivity contribution < 1.29 is 9.13 Å². The van der Waals surface area contributed by atoms with Crippen molar-refractivity contribution in [2.45, 2.75) is 65.3 Å². The lowest BCUT2D eigenvalue weighted by Gasteiger charge is -2.22. The molecule has 1 atom stereocenters. The molecule has 0 saturated heterocycles. The smallest absolute Gasteiger partial charge is 0.196 e. The molecular weight excluding hydrogens is 155 g/mol. The lowest BCUT2D eigenvalue weighted by atomic mass is 9.98. The quantitative estimate of drug-likeness (QED) is 0.623. The van der Waals surface area contributed by atoms with Crippen molar-refractivity contribution >= 4 is 0 Å². The van der Waals surface area contributed by atoms with E-state index in [0.29, 0.717) is 0 Å². The second-order valence-corrected chi connectivity index (χ2v) is 2.94. The van der Waals surface area contributed by atoms with Crippen molar-refractivity contribution in [1.29, 1.82) is 0 Å². The zero-order chi connectivity index (χ0) is 9.40. The molecule has 0 aromatic rings. The van der Waals surface area contributed by atoms with E-state index in [1.54, 1.807) is 0 Å². The van der Waals surface area contributed by atoms with Crippen LogP contribution in [0.1, 0.15) is 52.9 Å². The minimum absolute atomic E-state index is 0.203. The van der Waals surface area contributed by atoms with Crippen molar-refractivity contribution in [1.82, 2.24) is 0 Å². The van der Waals surface area contributed by atoms with Crippen LogP contribution < -0.4 is 0 Å². The van der Waals surface area contributed by atoms with Gasteiger partial charge in [-0.3, -0.25) is 0 Å². The van der Waals surface area contributed by atoms with Crippen molar-refractivity contribution in [3.05, 3.63) is 0 Å². The van der Waals surface area contributed by atoms with Gasteiger partial charge < -0.3 is 4.74 Å². The molecule has 1 saturated carbocycles. The van der Waals surface area contributed by atoms with Crippen LogP contribution in [0.25, 0.3) is 0 Å². The first-order valence-corrected chi connectivity index (χ1v) is 5.08. The van der Waals surface area contributed by atoms with E-state index < -0.39 is 6.36 Å². The van der Waals surface area contributed by atoms with Gasteiger partial charge in [-0.25, -0.2) is 4.39 Å². The Morgan fingerprint density at radius 2 is 1.67 bits per heavy atom. The van der Waals surface area contributed by atoms with E-state index in [1.807, 2.05) is 13.8 Å². The summed E-state index contributed by atoms with van der Waals surface area (Å²) >= 11 is 0. The van der Waals surface area contributed by atoms with Gasteiger partial charge in [0.2, 0.25) is 0 Å². The summed E-state index contributed by atoms with van der Waals surface area (Å²) in [5, 5.41) is 0.